The van der Waals surface area contributed by atoms with E-state index in [1.165, 1.54) is 0 Å². The highest BCUT2D eigenvalue weighted by molar-refractivity contribution is 5.31. The van der Waals surface area contributed by atoms with E-state index >= 15 is 0 Å². The first-order valence-corrected chi connectivity index (χ1v) is 7.00. The highest BCUT2D eigenvalue weighted by Gasteiger charge is 2.15. The van der Waals surface area contributed by atoms with Crippen molar-refractivity contribution in [2.24, 2.45) is 0 Å². The Morgan fingerprint density at radius 1 is 1.11 bits per heavy atom. The molecule has 0 amide bonds. The Balaban J connectivity index is 2.56. The van der Waals surface area contributed by atoms with Gasteiger partial charge in [0, 0.05) is 12.1 Å². The highest BCUT2D eigenvalue weighted by Crippen LogP contribution is 2.19. The number of rotatable bonds is 7. The van der Waals surface area contributed by atoms with Gasteiger partial charge in [0.2, 0.25) is 0 Å². The molecule has 1 aromatic carbocycles. The third-order valence-electron chi connectivity index (χ3n) is 2.83. The fourth-order valence-corrected chi connectivity index (χ4v) is 1.79. The first kappa shape index (κ1) is 15.8. The van der Waals surface area contributed by atoms with E-state index in [-0.39, 0.29) is 11.6 Å². The molecule has 0 fully saturated rings. The van der Waals surface area contributed by atoms with E-state index in [0.29, 0.717) is 0 Å². The van der Waals surface area contributed by atoms with Crippen LogP contribution >= 0.6 is 0 Å². The minimum Gasteiger partial charge on any atom is -0.497 e. The molecule has 3 heteroatoms. The van der Waals surface area contributed by atoms with Crippen LogP contribution in [0.25, 0.3) is 0 Å². The van der Waals surface area contributed by atoms with Crippen molar-refractivity contribution >= 4 is 0 Å². The lowest BCUT2D eigenvalue weighted by atomic mass is 10.1. The predicted molar refractivity (Wildman–Crippen MR) is 80.1 cm³/mol. The van der Waals surface area contributed by atoms with Gasteiger partial charge in [0.15, 0.2) is 0 Å². The summed E-state index contributed by atoms with van der Waals surface area (Å²) in [5, 5.41) is 3.50. The molecule has 1 N–H and O–H groups in total. The van der Waals surface area contributed by atoms with Gasteiger partial charge in [0.25, 0.3) is 0 Å². The average molecular weight is 265 g/mol. The van der Waals surface area contributed by atoms with Gasteiger partial charge in [0.05, 0.1) is 7.11 Å². The summed E-state index contributed by atoms with van der Waals surface area (Å²) in [5.41, 5.74) is 0.120. The summed E-state index contributed by atoms with van der Waals surface area (Å²) in [4.78, 5) is 0. The molecule has 0 aliphatic carbocycles. The van der Waals surface area contributed by atoms with Crippen LogP contribution in [-0.2, 0) is 0 Å². The van der Waals surface area contributed by atoms with E-state index in [0.717, 1.165) is 30.9 Å². The van der Waals surface area contributed by atoms with Gasteiger partial charge in [-0.05, 0) is 51.5 Å². The number of hydrogen-bond acceptors (Lipinski definition) is 3. The second kappa shape index (κ2) is 7.39. The van der Waals surface area contributed by atoms with Crippen molar-refractivity contribution < 1.29 is 9.47 Å². The van der Waals surface area contributed by atoms with E-state index in [9.17, 15) is 0 Å². The lowest BCUT2D eigenvalue weighted by molar-refractivity contribution is 0.175. The standard InChI is InChI=1S/C16H27NO2/c1-6-7-15(12-17-16(2,3)4)19-14-10-8-13(18-5)9-11-14/h8-11,15,17H,6-7,12H2,1-5H3. The Hall–Kier alpha value is -1.22. The zero-order valence-corrected chi connectivity index (χ0v) is 12.8. The maximum absolute atomic E-state index is 6.03. The topological polar surface area (TPSA) is 30.5 Å². The molecule has 1 atom stereocenters. The number of nitrogens with one attached hydrogen (secondary N) is 1. The third-order valence-corrected chi connectivity index (χ3v) is 2.83. The van der Waals surface area contributed by atoms with E-state index in [2.05, 4.69) is 33.0 Å². The lowest BCUT2D eigenvalue weighted by Gasteiger charge is -2.26. The first-order chi connectivity index (χ1) is 8.94. The normalized spacial score (nSPS) is 13.1. The summed E-state index contributed by atoms with van der Waals surface area (Å²) in [5.74, 6) is 1.75. The highest BCUT2D eigenvalue weighted by atomic mass is 16.5. The molecule has 19 heavy (non-hydrogen) atoms. The van der Waals surface area contributed by atoms with Gasteiger partial charge >= 0.3 is 0 Å². The van der Waals surface area contributed by atoms with Crippen LogP contribution in [0.1, 0.15) is 40.5 Å². The molecule has 1 aromatic rings. The fourth-order valence-electron chi connectivity index (χ4n) is 1.79. The molecular weight excluding hydrogens is 238 g/mol. The van der Waals surface area contributed by atoms with E-state index < -0.39 is 0 Å². The second-order valence-electron chi connectivity index (χ2n) is 5.83. The lowest BCUT2D eigenvalue weighted by Crippen LogP contribution is -2.42. The zero-order chi connectivity index (χ0) is 14.3. The number of hydrogen-bond donors (Lipinski definition) is 1. The summed E-state index contributed by atoms with van der Waals surface area (Å²) in [7, 11) is 1.67. The van der Waals surface area contributed by atoms with Crippen LogP contribution in [0.4, 0.5) is 0 Å². The van der Waals surface area contributed by atoms with Crippen molar-refractivity contribution in [3.8, 4) is 11.5 Å². The first-order valence-electron chi connectivity index (χ1n) is 7.00. The molecule has 108 valence electrons. The SMILES string of the molecule is CCCC(CNC(C)(C)C)Oc1ccc(OC)cc1. The van der Waals surface area contributed by atoms with Crippen molar-refractivity contribution in [1.29, 1.82) is 0 Å². The smallest absolute Gasteiger partial charge is 0.120 e. The van der Waals surface area contributed by atoms with Crippen molar-refractivity contribution in [2.75, 3.05) is 13.7 Å². The Morgan fingerprint density at radius 3 is 2.16 bits per heavy atom. The molecule has 0 aromatic heterocycles. The predicted octanol–water partition coefficient (Wildman–Crippen LogP) is 3.63. The van der Waals surface area contributed by atoms with Crippen LogP contribution < -0.4 is 14.8 Å². The Labute approximate surface area is 117 Å². The van der Waals surface area contributed by atoms with Crippen LogP contribution in [0.5, 0.6) is 11.5 Å². The molecule has 1 rings (SSSR count). The molecular formula is C16H27NO2. The van der Waals surface area contributed by atoms with Gasteiger partial charge in [-0.3, -0.25) is 0 Å². The molecule has 3 nitrogen and oxygen atoms in total. The minimum atomic E-state index is 0.120. The Bertz CT molecular complexity index is 354. The molecule has 0 spiro atoms. The van der Waals surface area contributed by atoms with Gasteiger partial charge in [0.1, 0.15) is 17.6 Å². The van der Waals surface area contributed by atoms with E-state index in [1.54, 1.807) is 7.11 Å². The Morgan fingerprint density at radius 2 is 1.68 bits per heavy atom. The minimum absolute atomic E-state index is 0.120. The van der Waals surface area contributed by atoms with Gasteiger partial charge in [-0.1, -0.05) is 13.3 Å². The van der Waals surface area contributed by atoms with Crippen molar-refractivity contribution in [2.45, 2.75) is 52.2 Å². The van der Waals surface area contributed by atoms with Crippen LogP contribution in [0.3, 0.4) is 0 Å². The largest absolute Gasteiger partial charge is 0.497 e. The molecule has 0 saturated carbocycles. The molecule has 0 aliphatic rings. The van der Waals surface area contributed by atoms with Crippen molar-refractivity contribution in [3.05, 3.63) is 24.3 Å². The summed E-state index contributed by atoms with van der Waals surface area (Å²) < 4.78 is 11.2. The molecule has 0 radical (unpaired) electrons. The summed E-state index contributed by atoms with van der Waals surface area (Å²) >= 11 is 0. The quantitative estimate of drug-likeness (QED) is 0.816. The maximum atomic E-state index is 6.03. The number of methoxy groups -OCH3 is 1. The summed E-state index contributed by atoms with van der Waals surface area (Å²) in [6, 6.07) is 7.77. The number of ether oxygens (including phenoxy) is 2. The van der Waals surface area contributed by atoms with Gasteiger partial charge in [-0.2, -0.15) is 0 Å². The monoisotopic (exact) mass is 265 g/mol. The van der Waals surface area contributed by atoms with Crippen LogP contribution in [0.15, 0.2) is 24.3 Å². The van der Waals surface area contributed by atoms with Gasteiger partial charge in [-0.25, -0.2) is 0 Å². The molecule has 1 unspecified atom stereocenters. The number of benzene rings is 1. The van der Waals surface area contributed by atoms with E-state index in [4.69, 9.17) is 9.47 Å². The molecule has 0 heterocycles. The van der Waals surface area contributed by atoms with Gasteiger partial charge < -0.3 is 14.8 Å². The van der Waals surface area contributed by atoms with Crippen LogP contribution in [0.2, 0.25) is 0 Å². The maximum Gasteiger partial charge on any atom is 0.120 e. The average Bonchev–Trinajstić information content (AvgIpc) is 2.36. The summed E-state index contributed by atoms with van der Waals surface area (Å²) in [6.07, 6.45) is 2.37. The van der Waals surface area contributed by atoms with E-state index in [1.807, 2.05) is 24.3 Å². The van der Waals surface area contributed by atoms with Crippen LogP contribution in [0, 0.1) is 0 Å². The zero-order valence-electron chi connectivity index (χ0n) is 12.8. The van der Waals surface area contributed by atoms with Crippen LogP contribution in [-0.4, -0.2) is 25.3 Å². The third kappa shape index (κ3) is 6.48. The second-order valence-corrected chi connectivity index (χ2v) is 5.83. The van der Waals surface area contributed by atoms with Crippen molar-refractivity contribution in [3.63, 3.8) is 0 Å². The molecule has 0 aliphatic heterocycles. The van der Waals surface area contributed by atoms with Crippen molar-refractivity contribution in [1.82, 2.24) is 5.32 Å². The fraction of sp³-hybridized carbons (Fsp3) is 0.625. The molecule has 0 saturated heterocycles. The Kier molecular flexibility index (Phi) is 6.16. The van der Waals surface area contributed by atoms with Gasteiger partial charge in [-0.15, -0.1) is 0 Å². The molecule has 0 bridgehead atoms. The summed E-state index contributed by atoms with van der Waals surface area (Å²) in [6.45, 7) is 9.56.